The molecule has 0 rings (SSSR count). The molecule has 0 aliphatic rings. The fraction of sp³-hybridized carbons (Fsp3) is 0.951. The van der Waals surface area contributed by atoms with Gasteiger partial charge in [-0.25, -0.2) is 0 Å². The van der Waals surface area contributed by atoms with Crippen LogP contribution in [0.2, 0.25) is 0 Å². The molecule has 6 heteroatoms. The Morgan fingerprint density at radius 2 is 0.522 bits per heavy atom. The van der Waals surface area contributed by atoms with Gasteiger partial charge >= 0.3 is 17.9 Å². The molecule has 67 heavy (non-hydrogen) atoms. The van der Waals surface area contributed by atoms with E-state index in [1.165, 1.54) is 244 Å². The zero-order valence-electron chi connectivity index (χ0n) is 45.9. The number of carbonyl (C=O) groups is 3. The third-order valence-electron chi connectivity index (χ3n) is 14.4. The molecule has 0 aromatic heterocycles. The molecule has 0 aliphatic carbocycles. The molecule has 0 amide bonds. The van der Waals surface area contributed by atoms with E-state index in [0.717, 1.165) is 63.7 Å². The average Bonchev–Trinajstić information content (AvgIpc) is 3.33. The average molecular weight is 948 g/mol. The second-order valence-corrected chi connectivity index (χ2v) is 21.2. The number of ether oxygens (including phenoxy) is 3. The highest BCUT2D eigenvalue weighted by atomic mass is 16.6. The lowest BCUT2D eigenvalue weighted by Gasteiger charge is -2.18. The zero-order chi connectivity index (χ0) is 48.8. The monoisotopic (exact) mass is 947 g/mol. The Hall–Kier alpha value is -1.59. The number of hydrogen-bond donors (Lipinski definition) is 0. The summed E-state index contributed by atoms with van der Waals surface area (Å²) in [5, 5.41) is 0. The first-order valence-corrected chi connectivity index (χ1v) is 30.4. The molecule has 2 atom stereocenters. The van der Waals surface area contributed by atoms with E-state index in [2.05, 4.69) is 27.7 Å². The summed E-state index contributed by atoms with van der Waals surface area (Å²) in [5.74, 6) is 0.0650. The first-order chi connectivity index (χ1) is 32.9. The lowest BCUT2D eigenvalue weighted by Crippen LogP contribution is -2.30. The molecule has 0 aliphatic heterocycles. The van der Waals surface area contributed by atoms with E-state index in [9.17, 15) is 14.4 Å². The molecule has 0 saturated carbocycles. The van der Waals surface area contributed by atoms with Crippen LogP contribution in [0.3, 0.4) is 0 Å². The van der Waals surface area contributed by atoms with Gasteiger partial charge in [-0.1, -0.05) is 310 Å². The van der Waals surface area contributed by atoms with Gasteiger partial charge in [0.2, 0.25) is 0 Å². The van der Waals surface area contributed by atoms with Gasteiger partial charge in [-0.2, -0.15) is 0 Å². The summed E-state index contributed by atoms with van der Waals surface area (Å²) in [6, 6.07) is 0. The second kappa shape index (κ2) is 55.3. The summed E-state index contributed by atoms with van der Waals surface area (Å²) in [4.78, 5) is 38.2. The van der Waals surface area contributed by atoms with Crippen molar-refractivity contribution in [3.05, 3.63) is 0 Å². The smallest absolute Gasteiger partial charge is 0.306 e. The molecular weight excluding hydrogens is 829 g/mol. The van der Waals surface area contributed by atoms with Gasteiger partial charge in [-0.05, 0) is 25.2 Å². The Balaban J connectivity index is 4.29. The predicted octanol–water partition coefficient (Wildman–Crippen LogP) is 20.2. The maximum atomic E-state index is 12.9. The Morgan fingerprint density at radius 1 is 0.299 bits per heavy atom. The highest BCUT2D eigenvalue weighted by Gasteiger charge is 2.19. The fourth-order valence-electron chi connectivity index (χ4n) is 9.42. The highest BCUT2D eigenvalue weighted by molar-refractivity contribution is 5.71. The topological polar surface area (TPSA) is 78.9 Å². The van der Waals surface area contributed by atoms with Crippen molar-refractivity contribution in [2.75, 3.05) is 13.2 Å². The maximum absolute atomic E-state index is 12.9. The Labute approximate surface area is 418 Å². The van der Waals surface area contributed by atoms with E-state index in [-0.39, 0.29) is 31.1 Å². The minimum atomic E-state index is -0.762. The predicted molar refractivity (Wildman–Crippen MR) is 289 cm³/mol. The number of rotatable bonds is 56. The first-order valence-electron chi connectivity index (χ1n) is 30.4. The Bertz CT molecular complexity index is 1010. The van der Waals surface area contributed by atoms with Crippen LogP contribution in [0.1, 0.15) is 349 Å². The standard InChI is InChI=1S/C61H118O6/c1-5-8-10-12-14-16-18-20-22-24-30-34-38-42-46-50-54-61(64)67-58(55-65-59(62)52-48-44-40-36-32-28-23-21-19-17-15-13-11-9-6-2)56-66-60(63)53-49-45-41-37-33-29-26-25-27-31-35-39-43-47-51-57(4)7-3/h57-58H,5-56H2,1-4H3/t57?,58-/m1/s1. The van der Waals surface area contributed by atoms with Crippen molar-refractivity contribution in [1.29, 1.82) is 0 Å². The van der Waals surface area contributed by atoms with Crippen LogP contribution in [0.25, 0.3) is 0 Å². The lowest BCUT2D eigenvalue weighted by atomic mass is 9.99. The summed E-state index contributed by atoms with van der Waals surface area (Å²) in [6.45, 7) is 9.11. The summed E-state index contributed by atoms with van der Waals surface area (Å²) >= 11 is 0. The summed E-state index contributed by atoms with van der Waals surface area (Å²) < 4.78 is 16.9. The van der Waals surface area contributed by atoms with Gasteiger partial charge in [-0.15, -0.1) is 0 Å². The molecule has 0 aromatic rings. The van der Waals surface area contributed by atoms with Crippen LogP contribution in [-0.4, -0.2) is 37.2 Å². The fourth-order valence-corrected chi connectivity index (χ4v) is 9.42. The number of hydrogen-bond acceptors (Lipinski definition) is 6. The van der Waals surface area contributed by atoms with E-state index in [0.29, 0.717) is 19.3 Å². The van der Waals surface area contributed by atoms with Gasteiger partial charge in [0.15, 0.2) is 6.10 Å². The molecule has 0 fully saturated rings. The molecule has 0 N–H and O–H groups in total. The lowest BCUT2D eigenvalue weighted by molar-refractivity contribution is -0.167. The molecule has 0 bridgehead atoms. The molecule has 1 unspecified atom stereocenters. The van der Waals surface area contributed by atoms with Crippen molar-refractivity contribution < 1.29 is 28.6 Å². The van der Waals surface area contributed by atoms with Gasteiger partial charge in [0.05, 0.1) is 0 Å². The quantitative estimate of drug-likeness (QED) is 0.0343. The van der Waals surface area contributed by atoms with E-state index in [4.69, 9.17) is 14.2 Å². The minimum Gasteiger partial charge on any atom is -0.462 e. The van der Waals surface area contributed by atoms with Gasteiger partial charge in [0.25, 0.3) is 0 Å². The van der Waals surface area contributed by atoms with Crippen molar-refractivity contribution in [1.82, 2.24) is 0 Å². The SMILES string of the molecule is CCCCCCCCCCCCCCCCCCC(=O)O[C@H](COC(=O)CCCCCCCCCCCCCCCCC)COC(=O)CCCCCCCCCCCCCCCCC(C)CC. The van der Waals surface area contributed by atoms with E-state index >= 15 is 0 Å². The van der Waals surface area contributed by atoms with Crippen molar-refractivity contribution in [3.63, 3.8) is 0 Å². The van der Waals surface area contributed by atoms with Gasteiger partial charge in [0.1, 0.15) is 13.2 Å². The molecule has 6 nitrogen and oxygen atoms in total. The Kier molecular flexibility index (Phi) is 54.0. The van der Waals surface area contributed by atoms with Crippen molar-refractivity contribution >= 4 is 17.9 Å². The van der Waals surface area contributed by atoms with Gasteiger partial charge in [0, 0.05) is 19.3 Å². The third kappa shape index (κ3) is 53.6. The Morgan fingerprint density at radius 3 is 0.776 bits per heavy atom. The van der Waals surface area contributed by atoms with E-state index in [1.54, 1.807) is 0 Å². The number of carbonyl (C=O) groups excluding carboxylic acids is 3. The number of esters is 3. The van der Waals surface area contributed by atoms with Crippen molar-refractivity contribution in [2.24, 2.45) is 5.92 Å². The van der Waals surface area contributed by atoms with Crippen molar-refractivity contribution in [2.45, 2.75) is 355 Å². The van der Waals surface area contributed by atoms with Crippen LogP contribution in [0.15, 0.2) is 0 Å². The molecular formula is C61H118O6. The summed E-state index contributed by atoms with van der Waals surface area (Å²) in [5.41, 5.74) is 0. The van der Waals surface area contributed by atoms with Gasteiger partial charge in [-0.3, -0.25) is 14.4 Å². The minimum absolute atomic E-state index is 0.0614. The molecule has 0 heterocycles. The number of unbranched alkanes of at least 4 members (excludes halogenated alkanes) is 42. The molecule has 0 saturated heterocycles. The molecule has 398 valence electrons. The van der Waals surface area contributed by atoms with E-state index < -0.39 is 6.10 Å². The third-order valence-corrected chi connectivity index (χ3v) is 14.4. The summed E-state index contributed by atoms with van der Waals surface area (Å²) in [6.07, 6.45) is 60.8. The summed E-state index contributed by atoms with van der Waals surface area (Å²) in [7, 11) is 0. The first kappa shape index (κ1) is 65.4. The van der Waals surface area contributed by atoms with Gasteiger partial charge < -0.3 is 14.2 Å². The van der Waals surface area contributed by atoms with Crippen LogP contribution in [0, 0.1) is 5.92 Å². The van der Waals surface area contributed by atoms with Crippen LogP contribution in [0.5, 0.6) is 0 Å². The van der Waals surface area contributed by atoms with Crippen molar-refractivity contribution in [3.8, 4) is 0 Å². The van der Waals surface area contributed by atoms with Crippen LogP contribution in [0.4, 0.5) is 0 Å². The second-order valence-electron chi connectivity index (χ2n) is 21.2. The molecule has 0 aromatic carbocycles. The van der Waals surface area contributed by atoms with Crippen LogP contribution < -0.4 is 0 Å². The zero-order valence-corrected chi connectivity index (χ0v) is 45.9. The van der Waals surface area contributed by atoms with Crippen LogP contribution >= 0.6 is 0 Å². The molecule has 0 radical (unpaired) electrons. The maximum Gasteiger partial charge on any atom is 0.306 e. The van der Waals surface area contributed by atoms with Crippen LogP contribution in [-0.2, 0) is 28.6 Å². The largest absolute Gasteiger partial charge is 0.462 e. The molecule has 0 spiro atoms. The van der Waals surface area contributed by atoms with E-state index in [1.807, 2.05) is 0 Å². The highest BCUT2D eigenvalue weighted by Crippen LogP contribution is 2.19. The normalized spacial score (nSPS) is 12.4.